The SMILES string of the molecule is CCCCC(CC)CC(=O)c1ccc(F)c(C)c1. The topological polar surface area (TPSA) is 17.1 Å². The van der Waals surface area contributed by atoms with Gasteiger partial charge in [0.05, 0.1) is 0 Å². The van der Waals surface area contributed by atoms with E-state index in [1.54, 1.807) is 19.1 Å². The Balaban J connectivity index is 2.65. The van der Waals surface area contributed by atoms with Gasteiger partial charge in [0.1, 0.15) is 5.82 Å². The lowest BCUT2D eigenvalue weighted by atomic mass is 9.91. The fourth-order valence-electron chi connectivity index (χ4n) is 2.14. The van der Waals surface area contributed by atoms with Gasteiger partial charge in [-0.1, -0.05) is 39.5 Å². The van der Waals surface area contributed by atoms with Crippen LogP contribution in [0.3, 0.4) is 0 Å². The molecule has 0 aliphatic rings. The Morgan fingerprint density at radius 2 is 2.06 bits per heavy atom. The summed E-state index contributed by atoms with van der Waals surface area (Å²) in [6.07, 6.45) is 5.07. The van der Waals surface area contributed by atoms with Crippen molar-refractivity contribution in [1.82, 2.24) is 0 Å². The molecule has 0 radical (unpaired) electrons. The average molecular weight is 250 g/mol. The summed E-state index contributed by atoms with van der Waals surface area (Å²) < 4.78 is 13.1. The Kier molecular flexibility index (Phi) is 6.03. The third-order valence-electron chi connectivity index (χ3n) is 3.50. The van der Waals surface area contributed by atoms with Gasteiger partial charge in [0.2, 0.25) is 0 Å². The van der Waals surface area contributed by atoms with Crippen LogP contribution in [-0.4, -0.2) is 5.78 Å². The number of rotatable bonds is 7. The molecule has 1 nitrogen and oxygen atoms in total. The van der Waals surface area contributed by atoms with Gasteiger partial charge in [-0.3, -0.25) is 4.79 Å². The maximum absolute atomic E-state index is 13.1. The molecule has 1 rings (SSSR count). The van der Waals surface area contributed by atoms with Crippen LogP contribution in [0.25, 0.3) is 0 Å². The van der Waals surface area contributed by atoms with Gasteiger partial charge in [0.25, 0.3) is 0 Å². The molecule has 0 fully saturated rings. The summed E-state index contributed by atoms with van der Waals surface area (Å²) in [6, 6.07) is 4.64. The largest absolute Gasteiger partial charge is 0.294 e. The van der Waals surface area contributed by atoms with Crippen molar-refractivity contribution in [3.05, 3.63) is 35.1 Å². The van der Waals surface area contributed by atoms with Gasteiger partial charge in [-0.25, -0.2) is 4.39 Å². The second-order valence-electron chi connectivity index (χ2n) is 5.01. The molecular formula is C16H23FO. The number of benzene rings is 1. The van der Waals surface area contributed by atoms with Crippen LogP contribution in [0.15, 0.2) is 18.2 Å². The zero-order valence-corrected chi connectivity index (χ0v) is 11.6. The smallest absolute Gasteiger partial charge is 0.163 e. The molecule has 0 spiro atoms. The van der Waals surface area contributed by atoms with Gasteiger partial charge in [-0.2, -0.15) is 0 Å². The van der Waals surface area contributed by atoms with Crippen molar-refractivity contribution in [2.24, 2.45) is 5.92 Å². The van der Waals surface area contributed by atoms with E-state index in [0.29, 0.717) is 23.5 Å². The van der Waals surface area contributed by atoms with Crippen molar-refractivity contribution in [3.63, 3.8) is 0 Å². The minimum Gasteiger partial charge on any atom is -0.294 e. The van der Waals surface area contributed by atoms with Crippen LogP contribution < -0.4 is 0 Å². The molecule has 2 heteroatoms. The monoisotopic (exact) mass is 250 g/mol. The number of hydrogen-bond acceptors (Lipinski definition) is 1. The standard InChI is InChI=1S/C16H23FO/c1-4-6-7-13(5-2)11-16(18)14-8-9-15(17)12(3)10-14/h8-10,13H,4-7,11H2,1-3H3. The van der Waals surface area contributed by atoms with E-state index in [9.17, 15) is 9.18 Å². The Bertz CT molecular complexity index is 398. The summed E-state index contributed by atoms with van der Waals surface area (Å²) in [6.45, 7) is 5.99. The first-order valence-corrected chi connectivity index (χ1v) is 6.87. The van der Waals surface area contributed by atoms with Crippen LogP contribution in [0.1, 0.15) is 61.9 Å². The van der Waals surface area contributed by atoms with Crippen molar-refractivity contribution in [3.8, 4) is 0 Å². The summed E-state index contributed by atoms with van der Waals surface area (Å²) in [4.78, 5) is 12.1. The van der Waals surface area contributed by atoms with Crippen LogP contribution >= 0.6 is 0 Å². The second kappa shape index (κ2) is 7.30. The summed E-state index contributed by atoms with van der Waals surface area (Å²) in [5.41, 5.74) is 1.19. The molecular weight excluding hydrogens is 227 g/mol. The molecule has 1 aromatic carbocycles. The summed E-state index contributed by atoms with van der Waals surface area (Å²) in [5, 5.41) is 0. The number of carbonyl (C=O) groups excluding carboxylic acids is 1. The number of hydrogen-bond donors (Lipinski definition) is 0. The number of unbranched alkanes of at least 4 members (excludes halogenated alkanes) is 1. The van der Waals surface area contributed by atoms with Crippen molar-refractivity contribution < 1.29 is 9.18 Å². The quantitative estimate of drug-likeness (QED) is 0.627. The highest BCUT2D eigenvalue weighted by Crippen LogP contribution is 2.20. The number of ketones is 1. The lowest BCUT2D eigenvalue weighted by Crippen LogP contribution is -2.09. The zero-order valence-electron chi connectivity index (χ0n) is 11.6. The number of Topliss-reactive ketones (excluding diaryl/α,β-unsaturated/α-hetero) is 1. The maximum atomic E-state index is 13.1. The van der Waals surface area contributed by atoms with Crippen molar-refractivity contribution >= 4 is 5.78 Å². The van der Waals surface area contributed by atoms with Crippen LogP contribution in [0.5, 0.6) is 0 Å². The molecule has 1 unspecified atom stereocenters. The van der Waals surface area contributed by atoms with Gasteiger partial charge in [0, 0.05) is 12.0 Å². The van der Waals surface area contributed by atoms with Crippen LogP contribution in [-0.2, 0) is 0 Å². The molecule has 0 amide bonds. The molecule has 0 aliphatic carbocycles. The van der Waals surface area contributed by atoms with Gasteiger partial charge in [-0.05, 0) is 36.6 Å². The highest BCUT2D eigenvalue weighted by molar-refractivity contribution is 5.96. The van der Waals surface area contributed by atoms with E-state index in [0.717, 1.165) is 12.8 Å². The highest BCUT2D eigenvalue weighted by atomic mass is 19.1. The number of aryl methyl sites for hydroxylation is 1. The number of carbonyl (C=O) groups is 1. The molecule has 0 aromatic heterocycles. The van der Waals surface area contributed by atoms with Crippen LogP contribution in [0.2, 0.25) is 0 Å². The van der Waals surface area contributed by atoms with E-state index >= 15 is 0 Å². The maximum Gasteiger partial charge on any atom is 0.163 e. The first kappa shape index (κ1) is 14.9. The Hall–Kier alpha value is -1.18. The molecule has 0 bridgehead atoms. The van der Waals surface area contributed by atoms with E-state index < -0.39 is 0 Å². The third-order valence-corrected chi connectivity index (χ3v) is 3.50. The molecule has 1 atom stereocenters. The minimum atomic E-state index is -0.246. The van der Waals surface area contributed by atoms with Gasteiger partial charge in [0.15, 0.2) is 5.78 Å². The summed E-state index contributed by atoms with van der Waals surface area (Å²) in [7, 11) is 0. The van der Waals surface area contributed by atoms with Gasteiger partial charge >= 0.3 is 0 Å². The lowest BCUT2D eigenvalue weighted by Gasteiger charge is -2.13. The molecule has 1 aromatic rings. The molecule has 0 heterocycles. The fraction of sp³-hybridized carbons (Fsp3) is 0.562. The Morgan fingerprint density at radius 1 is 1.33 bits per heavy atom. The summed E-state index contributed by atoms with van der Waals surface area (Å²) >= 11 is 0. The highest BCUT2D eigenvalue weighted by Gasteiger charge is 2.14. The summed E-state index contributed by atoms with van der Waals surface area (Å²) in [5.74, 6) is 0.355. The first-order chi connectivity index (χ1) is 8.58. The van der Waals surface area contributed by atoms with E-state index in [4.69, 9.17) is 0 Å². The van der Waals surface area contributed by atoms with E-state index in [1.807, 2.05) is 0 Å². The van der Waals surface area contributed by atoms with E-state index in [2.05, 4.69) is 13.8 Å². The zero-order chi connectivity index (χ0) is 13.5. The molecule has 0 saturated carbocycles. The van der Waals surface area contributed by atoms with Crippen LogP contribution in [0.4, 0.5) is 4.39 Å². The molecule has 0 aliphatic heterocycles. The second-order valence-corrected chi connectivity index (χ2v) is 5.01. The predicted molar refractivity (Wildman–Crippen MR) is 73.4 cm³/mol. The average Bonchev–Trinajstić information content (AvgIpc) is 2.37. The molecule has 0 N–H and O–H groups in total. The van der Waals surface area contributed by atoms with Crippen molar-refractivity contribution in [2.75, 3.05) is 0 Å². The van der Waals surface area contributed by atoms with Crippen molar-refractivity contribution in [2.45, 2.75) is 52.9 Å². The molecule has 100 valence electrons. The van der Waals surface area contributed by atoms with Gasteiger partial charge < -0.3 is 0 Å². The lowest BCUT2D eigenvalue weighted by molar-refractivity contribution is 0.0957. The minimum absolute atomic E-state index is 0.140. The molecule has 0 saturated heterocycles. The van der Waals surface area contributed by atoms with Crippen LogP contribution in [0, 0.1) is 18.7 Å². The number of halogens is 1. The fourth-order valence-corrected chi connectivity index (χ4v) is 2.14. The predicted octanol–water partition coefficient (Wildman–Crippen LogP) is 4.92. The van der Waals surface area contributed by atoms with Gasteiger partial charge in [-0.15, -0.1) is 0 Å². The van der Waals surface area contributed by atoms with Crippen molar-refractivity contribution in [1.29, 1.82) is 0 Å². The third kappa shape index (κ3) is 4.25. The molecule has 18 heavy (non-hydrogen) atoms. The Morgan fingerprint density at radius 3 is 2.61 bits per heavy atom. The normalized spacial score (nSPS) is 12.4. The van der Waals surface area contributed by atoms with E-state index in [1.165, 1.54) is 18.9 Å². The first-order valence-electron chi connectivity index (χ1n) is 6.87. The Labute approximate surface area is 109 Å². The van der Waals surface area contributed by atoms with E-state index in [-0.39, 0.29) is 11.6 Å².